The molecule has 0 saturated carbocycles. The van der Waals surface area contributed by atoms with Gasteiger partial charge in [-0.1, -0.05) is 0 Å². The summed E-state index contributed by atoms with van der Waals surface area (Å²) in [5.41, 5.74) is 4.57. The highest BCUT2D eigenvalue weighted by molar-refractivity contribution is 7.15. The first-order chi connectivity index (χ1) is 11.5. The molecule has 0 saturated heterocycles. The highest BCUT2D eigenvalue weighted by atomic mass is 32.1. The molecule has 1 amide bonds. The van der Waals surface area contributed by atoms with Gasteiger partial charge in [-0.2, -0.15) is 0 Å². The van der Waals surface area contributed by atoms with Crippen LogP contribution in [0, 0.1) is 13.8 Å². The summed E-state index contributed by atoms with van der Waals surface area (Å²) in [4.78, 5) is 20.0. The molecule has 0 aliphatic carbocycles. The molecule has 0 unspecified atom stereocenters. The molecule has 2 aromatic heterocycles. The number of amides is 1. The molecule has 0 aliphatic rings. The smallest absolute Gasteiger partial charge is 0.275 e. The lowest BCUT2D eigenvalue weighted by atomic mass is 10.1. The molecule has 0 bridgehead atoms. The first-order valence-corrected chi connectivity index (χ1v) is 9.01. The van der Waals surface area contributed by atoms with E-state index in [0.29, 0.717) is 5.69 Å². The first-order valence-electron chi connectivity index (χ1n) is 8.13. The minimum Gasteiger partial charge on any atom is -0.372 e. The predicted octanol–water partition coefficient (Wildman–Crippen LogP) is 4.11. The molecule has 1 aromatic carbocycles. The number of carbonyl (C=O) groups is 1. The Labute approximate surface area is 145 Å². The van der Waals surface area contributed by atoms with Gasteiger partial charge in [0.1, 0.15) is 5.69 Å². The Morgan fingerprint density at radius 1 is 1.29 bits per heavy atom. The summed E-state index contributed by atoms with van der Waals surface area (Å²) in [5.74, 6) is -0.177. The van der Waals surface area contributed by atoms with E-state index in [0.717, 1.165) is 35.0 Å². The number of anilines is 2. The highest BCUT2D eigenvalue weighted by Gasteiger charge is 2.14. The molecule has 1 N–H and O–H groups in total. The molecule has 0 spiro atoms. The van der Waals surface area contributed by atoms with Crippen LogP contribution in [0.4, 0.5) is 11.4 Å². The monoisotopic (exact) mass is 342 g/mol. The van der Waals surface area contributed by atoms with Crippen molar-refractivity contribution in [1.82, 2.24) is 9.38 Å². The van der Waals surface area contributed by atoms with Crippen molar-refractivity contribution in [1.29, 1.82) is 0 Å². The SMILES string of the molecule is CCN(CC)c1ccc(NC(=O)c2cn3c(C)csc3n2)c(C)c1. The van der Waals surface area contributed by atoms with Gasteiger partial charge in [-0.15, -0.1) is 11.3 Å². The lowest BCUT2D eigenvalue weighted by Gasteiger charge is -2.22. The number of hydrogen-bond donors (Lipinski definition) is 1. The number of aromatic nitrogens is 2. The predicted molar refractivity (Wildman–Crippen MR) is 100 cm³/mol. The zero-order valence-corrected chi connectivity index (χ0v) is 15.3. The van der Waals surface area contributed by atoms with Crippen LogP contribution < -0.4 is 10.2 Å². The van der Waals surface area contributed by atoms with E-state index in [1.165, 1.54) is 17.0 Å². The van der Waals surface area contributed by atoms with Crippen molar-refractivity contribution >= 4 is 33.6 Å². The van der Waals surface area contributed by atoms with Crippen LogP contribution in [0.5, 0.6) is 0 Å². The Morgan fingerprint density at radius 3 is 2.67 bits per heavy atom. The fraction of sp³-hybridized carbons (Fsp3) is 0.333. The first kappa shape index (κ1) is 16.5. The van der Waals surface area contributed by atoms with E-state index in [-0.39, 0.29) is 5.91 Å². The molecule has 126 valence electrons. The molecule has 0 fully saturated rings. The van der Waals surface area contributed by atoms with Gasteiger partial charge in [-0.05, 0) is 51.5 Å². The number of hydrogen-bond acceptors (Lipinski definition) is 4. The van der Waals surface area contributed by atoms with E-state index in [9.17, 15) is 4.79 Å². The molecule has 2 heterocycles. The van der Waals surface area contributed by atoms with Gasteiger partial charge in [0.25, 0.3) is 5.91 Å². The number of thiazole rings is 1. The molecule has 3 rings (SSSR count). The summed E-state index contributed by atoms with van der Waals surface area (Å²) >= 11 is 1.54. The standard InChI is InChI=1S/C18H22N4OS/c1-5-21(6-2)14-7-8-15(12(3)9-14)19-17(23)16-10-22-13(4)11-24-18(22)20-16/h7-11H,5-6H2,1-4H3,(H,19,23). The molecule has 0 radical (unpaired) electrons. The summed E-state index contributed by atoms with van der Waals surface area (Å²) in [6.07, 6.45) is 1.79. The van der Waals surface area contributed by atoms with Crippen molar-refractivity contribution in [3.8, 4) is 0 Å². The largest absolute Gasteiger partial charge is 0.372 e. The van der Waals surface area contributed by atoms with Crippen LogP contribution in [0.25, 0.3) is 4.96 Å². The van der Waals surface area contributed by atoms with Crippen LogP contribution in [0.3, 0.4) is 0 Å². The van der Waals surface area contributed by atoms with E-state index < -0.39 is 0 Å². The lowest BCUT2D eigenvalue weighted by Crippen LogP contribution is -2.22. The highest BCUT2D eigenvalue weighted by Crippen LogP contribution is 2.23. The molecule has 3 aromatic rings. The van der Waals surface area contributed by atoms with Crippen LogP contribution in [0.2, 0.25) is 0 Å². The average Bonchev–Trinajstić information content (AvgIpc) is 3.13. The zero-order valence-electron chi connectivity index (χ0n) is 14.5. The summed E-state index contributed by atoms with van der Waals surface area (Å²) in [7, 11) is 0. The molecular weight excluding hydrogens is 320 g/mol. The van der Waals surface area contributed by atoms with Crippen LogP contribution in [-0.2, 0) is 0 Å². The van der Waals surface area contributed by atoms with Crippen molar-refractivity contribution in [2.75, 3.05) is 23.3 Å². The van der Waals surface area contributed by atoms with Gasteiger partial charge in [-0.3, -0.25) is 9.20 Å². The maximum atomic E-state index is 12.5. The molecule has 5 nitrogen and oxygen atoms in total. The van der Waals surface area contributed by atoms with Crippen molar-refractivity contribution in [2.45, 2.75) is 27.7 Å². The Balaban J connectivity index is 1.81. The second-order valence-electron chi connectivity index (χ2n) is 5.78. The summed E-state index contributed by atoms with van der Waals surface area (Å²) < 4.78 is 1.94. The number of aryl methyl sites for hydroxylation is 2. The Kier molecular flexibility index (Phi) is 4.57. The molecule has 0 atom stereocenters. The second kappa shape index (κ2) is 6.65. The third kappa shape index (κ3) is 3.01. The average molecular weight is 342 g/mol. The fourth-order valence-corrected chi connectivity index (χ4v) is 3.61. The van der Waals surface area contributed by atoms with E-state index in [1.807, 2.05) is 35.8 Å². The van der Waals surface area contributed by atoms with Crippen LogP contribution in [-0.4, -0.2) is 28.4 Å². The van der Waals surface area contributed by atoms with Gasteiger partial charge < -0.3 is 10.2 Å². The fourth-order valence-electron chi connectivity index (χ4n) is 2.76. The van der Waals surface area contributed by atoms with E-state index in [2.05, 4.69) is 35.1 Å². The maximum Gasteiger partial charge on any atom is 0.275 e. The normalized spacial score (nSPS) is 11.0. The van der Waals surface area contributed by atoms with Crippen LogP contribution in [0.15, 0.2) is 29.8 Å². The lowest BCUT2D eigenvalue weighted by molar-refractivity contribution is 0.102. The van der Waals surface area contributed by atoms with Crippen molar-refractivity contribution in [3.63, 3.8) is 0 Å². The molecule has 0 aliphatic heterocycles. The molecule has 24 heavy (non-hydrogen) atoms. The number of nitrogens with zero attached hydrogens (tertiary/aromatic N) is 3. The Morgan fingerprint density at radius 2 is 2.04 bits per heavy atom. The number of fused-ring (bicyclic) bond motifs is 1. The topological polar surface area (TPSA) is 49.6 Å². The third-order valence-corrected chi connectivity index (χ3v) is 5.17. The summed E-state index contributed by atoms with van der Waals surface area (Å²) in [6, 6.07) is 6.12. The third-order valence-electron chi connectivity index (χ3n) is 4.21. The Bertz CT molecular complexity index is 876. The minimum absolute atomic E-state index is 0.177. The van der Waals surface area contributed by atoms with Gasteiger partial charge in [0.15, 0.2) is 4.96 Å². The van der Waals surface area contributed by atoms with Gasteiger partial charge in [-0.25, -0.2) is 4.98 Å². The van der Waals surface area contributed by atoms with E-state index in [4.69, 9.17) is 0 Å². The summed E-state index contributed by atoms with van der Waals surface area (Å²) in [6.45, 7) is 10.2. The number of nitrogens with one attached hydrogen (secondary N) is 1. The number of imidazole rings is 1. The van der Waals surface area contributed by atoms with Gasteiger partial charge in [0.05, 0.1) is 0 Å². The number of rotatable bonds is 5. The maximum absolute atomic E-state index is 12.5. The Hall–Kier alpha value is -2.34. The van der Waals surface area contributed by atoms with Gasteiger partial charge in [0.2, 0.25) is 0 Å². The quantitative estimate of drug-likeness (QED) is 0.759. The van der Waals surface area contributed by atoms with Crippen LogP contribution in [0.1, 0.15) is 35.6 Å². The van der Waals surface area contributed by atoms with Gasteiger partial charge >= 0.3 is 0 Å². The van der Waals surface area contributed by atoms with Crippen LogP contribution >= 0.6 is 11.3 Å². The van der Waals surface area contributed by atoms with Crippen molar-refractivity contribution < 1.29 is 4.79 Å². The van der Waals surface area contributed by atoms with E-state index >= 15 is 0 Å². The summed E-state index contributed by atoms with van der Waals surface area (Å²) in [5, 5.41) is 5.00. The van der Waals surface area contributed by atoms with E-state index in [1.54, 1.807) is 6.20 Å². The zero-order chi connectivity index (χ0) is 17.3. The van der Waals surface area contributed by atoms with Gasteiger partial charge in [0, 0.05) is 41.7 Å². The number of carbonyl (C=O) groups excluding carboxylic acids is 1. The van der Waals surface area contributed by atoms with Crippen molar-refractivity contribution in [2.24, 2.45) is 0 Å². The van der Waals surface area contributed by atoms with Crippen molar-refractivity contribution in [3.05, 3.63) is 46.7 Å². The molecule has 6 heteroatoms. The number of benzene rings is 1. The second-order valence-corrected chi connectivity index (χ2v) is 6.62. The molecular formula is C18H22N4OS. The minimum atomic E-state index is -0.177.